The Morgan fingerprint density at radius 2 is 1.68 bits per heavy atom. The van der Waals surface area contributed by atoms with Crippen LogP contribution in [0, 0.1) is 0 Å². The molecule has 0 saturated carbocycles. The molecule has 0 aliphatic carbocycles. The van der Waals surface area contributed by atoms with Gasteiger partial charge in [0, 0.05) is 20.0 Å². The molecule has 240 valence electrons. The molecule has 2 unspecified atom stereocenters. The lowest BCUT2D eigenvalue weighted by molar-refractivity contribution is -0.319. The van der Waals surface area contributed by atoms with Crippen LogP contribution in [-0.2, 0) is 33.3 Å². The maximum absolute atomic E-state index is 12.6. The standard InChI is InChI=1S/C26H48N2O13/c1-15(2)40-26(22(34)35)12-16(30)19(21(41-26)20(33)17(31)14-29)28-18(32)13-27-23(36)38-10-8-25(5,6)39-11-9-24(3,4)37-7/h15-17,19-21,29-31,33H,8-14H2,1-7H3,(H,27,36)(H,28,32)(H,34,35)/t16?,17-,19-,20-,21?,26-/m1/s1. The van der Waals surface area contributed by atoms with Gasteiger partial charge in [0.05, 0.1) is 49.3 Å². The molecule has 15 heteroatoms. The Kier molecular flexibility index (Phi) is 14.3. The number of ether oxygens (including phenoxy) is 5. The van der Waals surface area contributed by atoms with Crippen molar-refractivity contribution in [2.75, 3.05) is 33.5 Å². The highest BCUT2D eigenvalue weighted by Crippen LogP contribution is 2.34. The van der Waals surface area contributed by atoms with E-state index in [1.807, 2.05) is 27.7 Å². The highest BCUT2D eigenvalue weighted by molar-refractivity contribution is 5.82. The number of alkyl carbamates (subject to hydrolysis) is 1. The van der Waals surface area contributed by atoms with Crippen LogP contribution in [0.2, 0.25) is 0 Å². The third kappa shape index (κ3) is 12.0. The second kappa shape index (κ2) is 15.9. The van der Waals surface area contributed by atoms with E-state index in [1.54, 1.807) is 7.11 Å². The van der Waals surface area contributed by atoms with Crippen molar-refractivity contribution in [3.8, 4) is 0 Å². The van der Waals surface area contributed by atoms with Gasteiger partial charge in [-0.15, -0.1) is 0 Å². The van der Waals surface area contributed by atoms with Crippen molar-refractivity contribution in [1.29, 1.82) is 0 Å². The number of carbonyl (C=O) groups is 3. The summed E-state index contributed by atoms with van der Waals surface area (Å²) in [6.45, 7) is 9.60. The maximum atomic E-state index is 12.6. The second-order valence-electron chi connectivity index (χ2n) is 11.5. The summed E-state index contributed by atoms with van der Waals surface area (Å²) in [4.78, 5) is 36.7. The van der Waals surface area contributed by atoms with Crippen LogP contribution >= 0.6 is 0 Å². The van der Waals surface area contributed by atoms with Gasteiger partial charge in [0.25, 0.3) is 5.79 Å². The minimum Gasteiger partial charge on any atom is -0.477 e. The molecule has 0 aromatic heterocycles. The largest absolute Gasteiger partial charge is 0.477 e. The fourth-order valence-corrected chi connectivity index (χ4v) is 3.97. The van der Waals surface area contributed by atoms with Gasteiger partial charge in [0.2, 0.25) is 5.91 Å². The van der Waals surface area contributed by atoms with Gasteiger partial charge in [-0.3, -0.25) is 4.79 Å². The Morgan fingerprint density at radius 3 is 2.22 bits per heavy atom. The number of methoxy groups -OCH3 is 1. The van der Waals surface area contributed by atoms with E-state index in [-0.39, 0.29) is 12.2 Å². The van der Waals surface area contributed by atoms with Crippen LogP contribution in [0.3, 0.4) is 0 Å². The Morgan fingerprint density at radius 1 is 1.07 bits per heavy atom. The van der Waals surface area contributed by atoms with E-state index < -0.39 is 85.5 Å². The molecule has 0 bridgehead atoms. The fraction of sp³-hybridized carbons (Fsp3) is 0.885. The lowest BCUT2D eigenvalue weighted by atomic mass is 9.88. The molecule has 2 amide bonds. The van der Waals surface area contributed by atoms with Gasteiger partial charge < -0.3 is 59.9 Å². The number of carboxylic acids is 1. The van der Waals surface area contributed by atoms with Crippen molar-refractivity contribution in [2.24, 2.45) is 0 Å². The van der Waals surface area contributed by atoms with Gasteiger partial charge in [-0.05, 0) is 48.0 Å². The average Bonchev–Trinajstić information content (AvgIpc) is 2.87. The molecule has 6 atom stereocenters. The van der Waals surface area contributed by atoms with Crippen LogP contribution in [0.4, 0.5) is 4.79 Å². The minimum absolute atomic E-state index is 0.00371. The summed E-state index contributed by atoms with van der Waals surface area (Å²) >= 11 is 0. The number of hydrogen-bond donors (Lipinski definition) is 7. The third-order valence-corrected chi connectivity index (χ3v) is 6.65. The predicted octanol–water partition coefficient (Wildman–Crippen LogP) is -0.732. The Bertz CT molecular complexity index is 853. The van der Waals surface area contributed by atoms with Crippen molar-refractivity contribution in [2.45, 2.75) is 114 Å². The number of aliphatic hydroxyl groups excluding tert-OH is 4. The maximum Gasteiger partial charge on any atom is 0.407 e. The van der Waals surface area contributed by atoms with Gasteiger partial charge in [0.15, 0.2) is 0 Å². The van der Waals surface area contributed by atoms with Crippen LogP contribution in [0.15, 0.2) is 0 Å². The monoisotopic (exact) mass is 596 g/mol. The summed E-state index contributed by atoms with van der Waals surface area (Å²) in [5.74, 6) is -4.82. The molecule has 1 aliphatic heterocycles. The second-order valence-corrected chi connectivity index (χ2v) is 11.5. The van der Waals surface area contributed by atoms with Crippen LogP contribution in [0.1, 0.15) is 60.8 Å². The summed E-state index contributed by atoms with van der Waals surface area (Å²) in [6, 6.07) is -1.43. The third-order valence-electron chi connectivity index (χ3n) is 6.65. The predicted molar refractivity (Wildman–Crippen MR) is 143 cm³/mol. The number of nitrogens with one attached hydrogen (secondary N) is 2. The molecule has 1 aliphatic rings. The topological polar surface area (TPSA) is 223 Å². The van der Waals surface area contributed by atoms with E-state index in [2.05, 4.69) is 10.6 Å². The first kappa shape index (κ1) is 36.9. The normalized spacial score (nSPS) is 24.9. The molecule has 1 rings (SSSR count). The van der Waals surface area contributed by atoms with Gasteiger partial charge in [-0.25, -0.2) is 9.59 Å². The highest BCUT2D eigenvalue weighted by atomic mass is 16.7. The van der Waals surface area contributed by atoms with E-state index >= 15 is 0 Å². The van der Waals surface area contributed by atoms with Crippen LogP contribution < -0.4 is 10.6 Å². The molecular formula is C26H48N2O13. The number of aliphatic hydroxyl groups is 4. The molecule has 1 saturated heterocycles. The average molecular weight is 597 g/mol. The lowest BCUT2D eigenvalue weighted by Crippen LogP contribution is -2.68. The molecule has 0 aromatic carbocycles. The summed E-state index contributed by atoms with van der Waals surface area (Å²) in [6.07, 6.45) is -8.16. The fourth-order valence-electron chi connectivity index (χ4n) is 3.97. The van der Waals surface area contributed by atoms with E-state index in [1.165, 1.54) is 13.8 Å². The number of carbonyl (C=O) groups excluding carboxylic acids is 2. The number of amides is 2. The first-order valence-electron chi connectivity index (χ1n) is 13.5. The zero-order chi connectivity index (χ0) is 31.6. The molecule has 41 heavy (non-hydrogen) atoms. The quantitative estimate of drug-likeness (QED) is 0.110. The SMILES string of the molecule is COC(C)(C)CCOC(C)(C)CCOC(=O)NCC(=O)N[C@@H]1C(O)C[C@](OC(C)C)(C(=O)O)OC1[C@H](O)[C@H](O)CO. The van der Waals surface area contributed by atoms with Crippen molar-refractivity contribution < 1.29 is 63.6 Å². The van der Waals surface area contributed by atoms with E-state index in [9.17, 15) is 39.9 Å². The molecule has 15 nitrogen and oxygen atoms in total. The first-order valence-corrected chi connectivity index (χ1v) is 13.5. The molecule has 0 spiro atoms. The van der Waals surface area contributed by atoms with Crippen molar-refractivity contribution >= 4 is 18.0 Å². The summed E-state index contributed by atoms with van der Waals surface area (Å²) in [5, 5.41) is 54.9. The summed E-state index contributed by atoms with van der Waals surface area (Å²) < 4.78 is 27.3. The molecule has 7 N–H and O–H groups in total. The summed E-state index contributed by atoms with van der Waals surface area (Å²) in [7, 11) is 1.62. The Hall–Kier alpha value is -2.11. The van der Waals surface area contributed by atoms with Crippen LogP contribution in [-0.4, -0.2) is 131 Å². The molecule has 0 aromatic rings. The number of hydrogen-bond acceptors (Lipinski definition) is 12. The smallest absolute Gasteiger partial charge is 0.407 e. The Balaban J connectivity index is 2.71. The number of aliphatic carboxylic acids is 1. The van der Waals surface area contributed by atoms with Crippen molar-refractivity contribution in [3.05, 3.63) is 0 Å². The highest BCUT2D eigenvalue weighted by Gasteiger charge is 2.56. The molecule has 0 radical (unpaired) electrons. The number of carboxylic acid groups (broad SMARTS) is 1. The molecular weight excluding hydrogens is 548 g/mol. The van der Waals surface area contributed by atoms with Gasteiger partial charge in [-0.1, -0.05) is 0 Å². The lowest BCUT2D eigenvalue weighted by Gasteiger charge is -2.47. The minimum atomic E-state index is -2.39. The van der Waals surface area contributed by atoms with Crippen LogP contribution in [0.25, 0.3) is 0 Å². The zero-order valence-electron chi connectivity index (χ0n) is 24.9. The van der Waals surface area contributed by atoms with E-state index in [0.29, 0.717) is 19.4 Å². The van der Waals surface area contributed by atoms with E-state index in [4.69, 9.17) is 23.7 Å². The van der Waals surface area contributed by atoms with Gasteiger partial charge >= 0.3 is 12.1 Å². The van der Waals surface area contributed by atoms with E-state index in [0.717, 1.165) is 0 Å². The molecule has 1 fully saturated rings. The zero-order valence-corrected chi connectivity index (χ0v) is 24.9. The summed E-state index contributed by atoms with van der Waals surface area (Å²) in [5.41, 5.74) is -0.914. The van der Waals surface area contributed by atoms with Gasteiger partial charge in [0.1, 0.15) is 24.9 Å². The van der Waals surface area contributed by atoms with Crippen molar-refractivity contribution in [3.63, 3.8) is 0 Å². The first-order chi connectivity index (χ1) is 18.9. The number of rotatable bonds is 17. The van der Waals surface area contributed by atoms with Gasteiger partial charge in [-0.2, -0.15) is 0 Å². The van der Waals surface area contributed by atoms with Crippen LogP contribution in [0.5, 0.6) is 0 Å². The van der Waals surface area contributed by atoms with Crippen molar-refractivity contribution in [1.82, 2.24) is 10.6 Å². The molecule has 1 heterocycles. The Labute approximate surface area is 240 Å².